The van der Waals surface area contributed by atoms with E-state index in [-0.39, 0.29) is 12.7 Å². The number of nitrogens with zero attached hydrogens (tertiary/aromatic N) is 3. The van der Waals surface area contributed by atoms with Crippen molar-refractivity contribution in [2.75, 3.05) is 20.3 Å². The number of methoxy groups -OCH3 is 1. The highest BCUT2D eigenvalue weighted by atomic mass is 16.5. The second-order valence-electron chi connectivity index (χ2n) is 5.99. The molecule has 2 atom stereocenters. The van der Waals surface area contributed by atoms with Crippen molar-refractivity contribution >= 4 is 0 Å². The minimum absolute atomic E-state index is 0.224. The molecule has 130 valence electrons. The molecule has 2 aromatic rings. The molecule has 0 bridgehead atoms. The highest BCUT2D eigenvalue weighted by molar-refractivity contribution is 5.31. The molecule has 0 radical (unpaired) electrons. The fourth-order valence-electron chi connectivity index (χ4n) is 2.60. The number of hydrogen-bond acceptors (Lipinski definition) is 7. The number of benzene rings is 1. The van der Waals surface area contributed by atoms with E-state index in [1.807, 2.05) is 24.3 Å². The van der Waals surface area contributed by atoms with Crippen LogP contribution in [0, 0.1) is 0 Å². The van der Waals surface area contributed by atoms with Gasteiger partial charge >= 0.3 is 0 Å². The molecule has 0 amide bonds. The average molecular weight is 333 g/mol. The van der Waals surface area contributed by atoms with Gasteiger partial charge in [-0.2, -0.15) is 4.98 Å². The van der Waals surface area contributed by atoms with Crippen molar-refractivity contribution in [3.05, 3.63) is 36.0 Å². The summed E-state index contributed by atoms with van der Waals surface area (Å²) >= 11 is 0. The van der Waals surface area contributed by atoms with Crippen LogP contribution in [0.1, 0.15) is 25.6 Å². The Morgan fingerprint density at radius 3 is 2.71 bits per heavy atom. The van der Waals surface area contributed by atoms with E-state index in [0.717, 1.165) is 24.7 Å². The van der Waals surface area contributed by atoms with Crippen LogP contribution in [0.3, 0.4) is 0 Å². The zero-order valence-electron chi connectivity index (χ0n) is 14.3. The summed E-state index contributed by atoms with van der Waals surface area (Å²) in [5, 5.41) is 3.98. The smallest absolute Gasteiger partial charge is 0.240 e. The molecule has 1 aliphatic rings. The molecule has 3 rings (SSSR count). The van der Waals surface area contributed by atoms with E-state index >= 15 is 0 Å². The summed E-state index contributed by atoms with van der Waals surface area (Å²) < 4.78 is 21.7. The first kappa shape index (κ1) is 16.7. The Bertz CT molecular complexity index is 644. The van der Waals surface area contributed by atoms with Crippen molar-refractivity contribution in [2.24, 2.45) is 0 Å². The van der Waals surface area contributed by atoms with Crippen molar-refractivity contribution in [3.63, 3.8) is 0 Å². The maximum atomic E-state index is 5.66. The van der Waals surface area contributed by atoms with E-state index in [4.69, 9.17) is 18.7 Å². The molecule has 7 heteroatoms. The topological polar surface area (TPSA) is 69.9 Å². The summed E-state index contributed by atoms with van der Waals surface area (Å²) in [4.78, 5) is 6.69. The summed E-state index contributed by atoms with van der Waals surface area (Å²) in [6.45, 7) is 6.69. The van der Waals surface area contributed by atoms with Crippen LogP contribution in [0.25, 0.3) is 0 Å². The van der Waals surface area contributed by atoms with Crippen molar-refractivity contribution in [1.82, 2.24) is 15.0 Å². The van der Waals surface area contributed by atoms with Crippen LogP contribution in [0.5, 0.6) is 11.5 Å². The Balaban J connectivity index is 1.53. The number of hydrogen-bond donors (Lipinski definition) is 0. The first-order chi connectivity index (χ1) is 11.6. The van der Waals surface area contributed by atoms with E-state index in [1.165, 1.54) is 0 Å². The molecule has 1 saturated heterocycles. The Labute approximate surface area is 141 Å². The largest absolute Gasteiger partial charge is 0.497 e. The van der Waals surface area contributed by atoms with E-state index in [9.17, 15) is 0 Å². The molecular formula is C17H23N3O4. The van der Waals surface area contributed by atoms with Gasteiger partial charge in [0, 0.05) is 12.6 Å². The van der Waals surface area contributed by atoms with Crippen molar-refractivity contribution in [2.45, 2.75) is 39.1 Å². The van der Waals surface area contributed by atoms with Crippen molar-refractivity contribution in [3.8, 4) is 11.5 Å². The predicted molar refractivity (Wildman–Crippen MR) is 86.9 cm³/mol. The molecule has 1 fully saturated rings. The molecule has 1 aromatic carbocycles. The van der Waals surface area contributed by atoms with Gasteiger partial charge in [0.15, 0.2) is 6.61 Å². The number of ether oxygens (including phenoxy) is 3. The summed E-state index contributed by atoms with van der Waals surface area (Å²) in [5.41, 5.74) is 0. The van der Waals surface area contributed by atoms with Crippen molar-refractivity contribution < 1.29 is 18.7 Å². The van der Waals surface area contributed by atoms with Crippen LogP contribution in [0.15, 0.2) is 28.8 Å². The molecule has 0 saturated carbocycles. The zero-order chi connectivity index (χ0) is 16.9. The van der Waals surface area contributed by atoms with Crippen LogP contribution < -0.4 is 9.47 Å². The Morgan fingerprint density at radius 1 is 1.21 bits per heavy atom. The van der Waals surface area contributed by atoms with Crippen LogP contribution >= 0.6 is 0 Å². The summed E-state index contributed by atoms with van der Waals surface area (Å²) in [6, 6.07) is 7.72. The number of rotatable bonds is 6. The lowest BCUT2D eigenvalue weighted by Gasteiger charge is -2.35. The summed E-state index contributed by atoms with van der Waals surface area (Å²) in [5.74, 6) is 2.66. The van der Waals surface area contributed by atoms with Gasteiger partial charge in [0.2, 0.25) is 11.7 Å². The first-order valence-electron chi connectivity index (χ1n) is 8.08. The lowest BCUT2D eigenvalue weighted by Crippen LogP contribution is -2.46. The second-order valence-corrected chi connectivity index (χ2v) is 5.99. The Hall–Kier alpha value is -2.12. The average Bonchev–Trinajstić information content (AvgIpc) is 3.04. The normalized spacial score (nSPS) is 21.6. The van der Waals surface area contributed by atoms with E-state index in [0.29, 0.717) is 24.3 Å². The Morgan fingerprint density at radius 2 is 1.96 bits per heavy atom. The molecule has 7 nitrogen and oxygen atoms in total. The van der Waals surface area contributed by atoms with Gasteiger partial charge in [-0.1, -0.05) is 5.16 Å². The lowest BCUT2D eigenvalue weighted by atomic mass is 10.2. The van der Waals surface area contributed by atoms with Crippen LogP contribution in [-0.2, 0) is 17.9 Å². The molecule has 24 heavy (non-hydrogen) atoms. The maximum Gasteiger partial charge on any atom is 0.240 e. The predicted octanol–water partition coefficient (Wildman–Crippen LogP) is 2.27. The standard InChI is InChI=1S/C17H23N3O4/c1-12-10-22-13(2)8-20(12)9-17-18-16(19-24-17)11-23-15-6-4-14(21-3)5-7-15/h4-7,12-13H,8-11H2,1-3H3/t12-,13-/m0/s1. The zero-order valence-corrected chi connectivity index (χ0v) is 14.3. The quantitative estimate of drug-likeness (QED) is 0.803. The molecule has 0 spiro atoms. The molecule has 0 aliphatic carbocycles. The molecule has 2 heterocycles. The molecule has 1 aromatic heterocycles. The summed E-state index contributed by atoms with van der Waals surface area (Å²) in [7, 11) is 1.63. The molecular weight excluding hydrogens is 310 g/mol. The van der Waals surface area contributed by atoms with Gasteiger partial charge in [0.1, 0.15) is 11.5 Å². The SMILES string of the molecule is COc1ccc(OCc2noc(CN3C[C@H](C)OC[C@@H]3C)n2)cc1. The van der Waals surface area contributed by atoms with Crippen LogP contribution in [-0.4, -0.2) is 47.4 Å². The number of aromatic nitrogens is 2. The van der Waals surface area contributed by atoms with Crippen LogP contribution in [0.4, 0.5) is 0 Å². The van der Waals surface area contributed by atoms with E-state index < -0.39 is 0 Å². The lowest BCUT2D eigenvalue weighted by molar-refractivity contribution is -0.0555. The highest BCUT2D eigenvalue weighted by Crippen LogP contribution is 2.18. The fourth-order valence-corrected chi connectivity index (χ4v) is 2.60. The van der Waals surface area contributed by atoms with Gasteiger partial charge in [-0.3, -0.25) is 4.90 Å². The van der Waals surface area contributed by atoms with Gasteiger partial charge in [0.05, 0.1) is 26.4 Å². The number of morpholine rings is 1. The summed E-state index contributed by atoms with van der Waals surface area (Å²) in [6.07, 6.45) is 0.224. The monoisotopic (exact) mass is 333 g/mol. The fraction of sp³-hybridized carbons (Fsp3) is 0.529. The minimum Gasteiger partial charge on any atom is -0.497 e. The third-order valence-electron chi connectivity index (χ3n) is 4.01. The van der Waals surface area contributed by atoms with Gasteiger partial charge in [-0.25, -0.2) is 0 Å². The van der Waals surface area contributed by atoms with E-state index in [2.05, 4.69) is 28.9 Å². The third kappa shape index (κ3) is 4.24. The minimum atomic E-state index is 0.224. The van der Waals surface area contributed by atoms with E-state index in [1.54, 1.807) is 7.11 Å². The van der Waals surface area contributed by atoms with Gasteiger partial charge in [-0.05, 0) is 38.1 Å². The van der Waals surface area contributed by atoms with Gasteiger partial charge in [-0.15, -0.1) is 0 Å². The molecule has 0 unspecified atom stereocenters. The molecule has 0 N–H and O–H groups in total. The second kappa shape index (κ2) is 7.63. The van der Waals surface area contributed by atoms with Gasteiger partial charge in [0.25, 0.3) is 0 Å². The first-order valence-corrected chi connectivity index (χ1v) is 8.08. The third-order valence-corrected chi connectivity index (χ3v) is 4.01. The maximum absolute atomic E-state index is 5.66. The Kier molecular flexibility index (Phi) is 5.32. The highest BCUT2D eigenvalue weighted by Gasteiger charge is 2.25. The molecule has 1 aliphatic heterocycles. The van der Waals surface area contributed by atoms with Crippen molar-refractivity contribution in [1.29, 1.82) is 0 Å². The van der Waals surface area contributed by atoms with Crippen LogP contribution in [0.2, 0.25) is 0 Å². The van der Waals surface area contributed by atoms with Gasteiger partial charge < -0.3 is 18.7 Å².